The van der Waals surface area contributed by atoms with Gasteiger partial charge in [0.05, 0.1) is 33.2 Å². The van der Waals surface area contributed by atoms with Crippen molar-refractivity contribution in [2.45, 2.75) is 18.7 Å². The molecule has 0 bridgehead atoms. The number of hydrogen-bond acceptors (Lipinski definition) is 12. The van der Waals surface area contributed by atoms with Crippen molar-refractivity contribution in [1.82, 2.24) is 0 Å². The molecule has 0 saturated heterocycles. The summed E-state index contributed by atoms with van der Waals surface area (Å²) in [5, 5.41) is 44.2. The van der Waals surface area contributed by atoms with Crippen LogP contribution >= 0.6 is 0 Å². The van der Waals surface area contributed by atoms with Gasteiger partial charge >= 0.3 is 5.97 Å². The lowest BCUT2D eigenvalue weighted by Gasteiger charge is -2.06. The third kappa shape index (κ3) is 6.96. The van der Waals surface area contributed by atoms with Gasteiger partial charge in [-0.3, -0.25) is 4.55 Å². The van der Waals surface area contributed by atoms with Crippen LogP contribution < -0.4 is 11.5 Å². The average Bonchev–Trinajstić information content (AvgIpc) is 2.93. The van der Waals surface area contributed by atoms with E-state index in [9.17, 15) is 23.4 Å². The maximum absolute atomic E-state index is 11.9. The van der Waals surface area contributed by atoms with Crippen molar-refractivity contribution in [3.8, 4) is 5.75 Å². The number of phenols is 1. The first-order chi connectivity index (χ1) is 19.8. The molecule has 0 radical (unpaired) electrons. The van der Waals surface area contributed by atoms with Gasteiger partial charge in [-0.25, -0.2) is 4.79 Å². The third-order valence-electron chi connectivity index (χ3n) is 5.76. The molecule has 0 aliphatic carbocycles. The molecule has 0 spiro atoms. The zero-order valence-corrected chi connectivity index (χ0v) is 23.0. The van der Waals surface area contributed by atoms with E-state index in [1.807, 2.05) is 6.92 Å². The number of carbonyl (C=O) groups is 1. The summed E-state index contributed by atoms with van der Waals surface area (Å²) >= 11 is 0. The Morgan fingerprint density at radius 3 is 1.83 bits per heavy atom. The van der Waals surface area contributed by atoms with Gasteiger partial charge in [-0.2, -0.15) is 18.6 Å². The highest BCUT2D eigenvalue weighted by atomic mass is 32.2. The minimum Gasteiger partial charge on any atom is -0.505 e. The van der Waals surface area contributed by atoms with Crippen LogP contribution in [0.15, 0.2) is 102 Å². The third-order valence-corrected chi connectivity index (χ3v) is 6.63. The summed E-state index contributed by atoms with van der Waals surface area (Å²) in [5.74, 6) is -1.32. The average molecular weight is 589 g/mol. The maximum Gasteiger partial charge on any atom is 0.338 e. The molecule has 0 amide bonds. The standard InChI is InChI=1S/C27H24N8O6S/c1-14-9-15(2)26(36)25(10-14)35-34-24-13-23(20(28)12-21(24)29)33-32-22-8-5-17(11-19(22)27(37)38)31-30-16-3-6-18(7-4-16)42(39,40)41/h3-13,36H,28-29H2,1-2H3,(H,37,38)(H,39,40,41). The summed E-state index contributed by atoms with van der Waals surface area (Å²) in [5.41, 5.74) is 14.8. The molecule has 0 aliphatic rings. The van der Waals surface area contributed by atoms with Crippen molar-refractivity contribution in [3.63, 3.8) is 0 Å². The summed E-state index contributed by atoms with van der Waals surface area (Å²) in [6, 6.07) is 15.3. The topological polar surface area (TPSA) is 238 Å². The lowest BCUT2D eigenvalue weighted by atomic mass is 10.1. The Morgan fingerprint density at radius 1 is 0.690 bits per heavy atom. The number of rotatable bonds is 8. The van der Waals surface area contributed by atoms with E-state index in [2.05, 4.69) is 30.7 Å². The Kier molecular flexibility index (Phi) is 8.35. The van der Waals surface area contributed by atoms with Crippen LogP contribution in [0.2, 0.25) is 0 Å². The second kappa shape index (κ2) is 11.9. The number of benzene rings is 4. The minimum atomic E-state index is -4.35. The van der Waals surface area contributed by atoms with Crippen LogP contribution in [0.3, 0.4) is 0 Å². The molecule has 4 rings (SSSR count). The Hall–Kier alpha value is -5.54. The van der Waals surface area contributed by atoms with Gasteiger partial charge in [0.1, 0.15) is 28.5 Å². The van der Waals surface area contributed by atoms with Crippen molar-refractivity contribution < 1.29 is 28.0 Å². The van der Waals surface area contributed by atoms with Crippen LogP contribution in [0.25, 0.3) is 0 Å². The maximum atomic E-state index is 11.9. The first-order valence-electron chi connectivity index (χ1n) is 12.0. The molecule has 4 aromatic rings. The van der Waals surface area contributed by atoms with E-state index in [1.54, 1.807) is 19.1 Å². The number of hydrogen-bond donors (Lipinski definition) is 5. The highest BCUT2D eigenvalue weighted by Crippen LogP contribution is 2.38. The number of aromatic hydroxyl groups is 1. The molecule has 42 heavy (non-hydrogen) atoms. The fraction of sp³-hybridized carbons (Fsp3) is 0.0741. The molecule has 15 heteroatoms. The van der Waals surface area contributed by atoms with Crippen LogP contribution in [-0.2, 0) is 10.1 Å². The molecule has 4 aromatic carbocycles. The number of aryl methyl sites for hydroxylation is 2. The van der Waals surface area contributed by atoms with Crippen molar-refractivity contribution >= 4 is 61.6 Å². The smallest absolute Gasteiger partial charge is 0.338 e. The summed E-state index contributed by atoms with van der Waals surface area (Å²) in [4.78, 5) is 11.6. The first kappa shape index (κ1) is 29.4. The largest absolute Gasteiger partial charge is 0.505 e. The Balaban J connectivity index is 1.60. The van der Waals surface area contributed by atoms with E-state index in [4.69, 9.17) is 16.0 Å². The number of azo groups is 3. The van der Waals surface area contributed by atoms with E-state index < -0.39 is 16.1 Å². The molecule has 0 atom stereocenters. The second-order valence-electron chi connectivity index (χ2n) is 8.99. The molecule has 214 valence electrons. The number of anilines is 2. The van der Waals surface area contributed by atoms with Gasteiger partial charge in [-0.05, 0) is 85.6 Å². The number of nitrogen functional groups attached to an aromatic ring is 2. The van der Waals surface area contributed by atoms with Crippen LogP contribution in [0.1, 0.15) is 21.5 Å². The zero-order chi connectivity index (χ0) is 30.6. The predicted molar refractivity (Wildman–Crippen MR) is 155 cm³/mol. The molecule has 0 heterocycles. The molecule has 0 unspecified atom stereocenters. The summed E-state index contributed by atoms with van der Waals surface area (Å²) in [7, 11) is -4.35. The first-order valence-corrected chi connectivity index (χ1v) is 13.4. The van der Waals surface area contributed by atoms with Crippen LogP contribution in [-0.4, -0.2) is 29.2 Å². The second-order valence-corrected chi connectivity index (χ2v) is 10.4. The highest BCUT2D eigenvalue weighted by Gasteiger charge is 2.13. The summed E-state index contributed by atoms with van der Waals surface area (Å²) in [6.07, 6.45) is 0. The number of nitrogens with zero attached hydrogens (tertiary/aromatic N) is 6. The Bertz CT molecular complexity index is 1890. The highest BCUT2D eigenvalue weighted by molar-refractivity contribution is 7.85. The van der Waals surface area contributed by atoms with E-state index in [0.29, 0.717) is 5.56 Å². The quantitative estimate of drug-likeness (QED) is 0.0788. The summed E-state index contributed by atoms with van der Waals surface area (Å²) in [6.45, 7) is 3.60. The summed E-state index contributed by atoms with van der Waals surface area (Å²) < 4.78 is 31.4. The van der Waals surface area contributed by atoms with Crippen LogP contribution in [0.5, 0.6) is 5.75 Å². The van der Waals surface area contributed by atoms with Gasteiger partial charge < -0.3 is 21.7 Å². The number of aromatic carboxylic acids is 1. The zero-order valence-electron chi connectivity index (χ0n) is 22.2. The number of carboxylic acid groups (broad SMARTS) is 1. The molecule has 0 fully saturated rings. The van der Waals surface area contributed by atoms with E-state index in [1.165, 1.54) is 42.5 Å². The predicted octanol–water partition coefficient (Wildman–Crippen LogP) is 7.36. The van der Waals surface area contributed by atoms with Crippen molar-refractivity contribution in [2.75, 3.05) is 11.5 Å². The molecule has 0 aliphatic heterocycles. The Labute approximate surface area is 239 Å². The molecular weight excluding hydrogens is 564 g/mol. The molecule has 0 aromatic heterocycles. The lowest BCUT2D eigenvalue weighted by molar-refractivity contribution is 0.0697. The van der Waals surface area contributed by atoms with Crippen LogP contribution in [0, 0.1) is 13.8 Å². The molecule has 0 saturated carbocycles. The number of nitrogens with two attached hydrogens (primary N) is 2. The van der Waals surface area contributed by atoms with Gasteiger partial charge in [0.2, 0.25) is 0 Å². The van der Waals surface area contributed by atoms with Gasteiger partial charge in [0, 0.05) is 0 Å². The van der Waals surface area contributed by atoms with E-state index >= 15 is 0 Å². The van der Waals surface area contributed by atoms with Gasteiger partial charge in [-0.15, -0.1) is 20.5 Å². The van der Waals surface area contributed by atoms with Crippen molar-refractivity contribution in [1.29, 1.82) is 0 Å². The van der Waals surface area contributed by atoms with Crippen LogP contribution in [0.4, 0.5) is 45.5 Å². The number of carboxylic acids is 1. The molecule has 14 nitrogen and oxygen atoms in total. The fourth-order valence-electron chi connectivity index (χ4n) is 3.66. The molecule has 7 N–H and O–H groups in total. The normalized spacial score (nSPS) is 12.1. The van der Waals surface area contributed by atoms with Crippen molar-refractivity contribution in [3.05, 3.63) is 83.4 Å². The SMILES string of the molecule is Cc1cc(C)c(O)c(N=Nc2cc(N=Nc3ccc(N=Nc4ccc(S(=O)(=O)O)cc4)cc3C(=O)O)c(N)cc2N)c1. The molecular formula is C27H24N8O6S. The lowest BCUT2D eigenvalue weighted by Crippen LogP contribution is -1.96. The monoisotopic (exact) mass is 588 g/mol. The van der Waals surface area contributed by atoms with Crippen molar-refractivity contribution in [2.24, 2.45) is 30.7 Å². The number of phenolic OH excluding ortho intramolecular Hbond substituents is 1. The fourth-order valence-corrected chi connectivity index (χ4v) is 4.14. The van der Waals surface area contributed by atoms with E-state index in [0.717, 1.165) is 17.7 Å². The van der Waals surface area contributed by atoms with E-state index in [-0.39, 0.29) is 61.7 Å². The van der Waals surface area contributed by atoms with Gasteiger partial charge in [0.25, 0.3) is 10.1 Å². The minimum absolute atomic E-state index is 0.00138. The Morgan fingerprint density at radius 2 is 1.24 bits per heavy atom. The van der Waals surface area contributed by atoms with Gasteiger partial charge in [-0.1, -0.05) is 6.07 Å². The van der Waals surface area contributed by atoms with Gasteiger partial charge in [0.15, 0.2) is 0 Å².